The number of likely N-dealkylation sites (tertiary alicyclic amines) is 1. The number of H-pyrrole nitrogens is 1. The monoisotopic (exact) mass is 292 g/mol. The van der Waals surface area contributed by atoms with Crippen molar-refractivity contribution < 1.29 is 9.59 Å². The van der Waals surface area contributed by atoms with E-state index >= 15 is 0 Å². The molecule has 1 saturated carbocycles. The molecule has 0 unspecified atom stereocenters. The molecule has 1 aromatic heterocycles. The van der Waals surface area contributed by atoms with Gasteiger partial charge in [-0.2, -0.15) is 4.98 Å². The number of anilines is 1. The molecule has 0 spiro atoms. The van der Waals surface area contributed by atoms with Crippen molar-refractivity contribution in [2.75, 3.05) is 12.3 Å². The average Bonchev–Trinajstić information content (AvgIpc) is 3.27. The number of hydrogen-bond donors (Lipinski definition) is 3. The van der Waals surface area contributed by atoms with Gasteiger partial charge in [-0.05, 0) is 32.1 Å². The van der Waals surface area contributed by atoms with Crippen LogP contribution >= 0.6 is 0 Å². The fourth-order valence-electron chi connectivity index (χ4n) is 2.71. The maximum atomic E-state index is 12.3. The van der Waals surface area contributed by atoms with E-state index in [-0.39, 0.29) is 36.3 Å². The second-order valence-corrected chi connectivity index (χ2v) is 5.68. The summed E-state index contributed by atoms with van der Waals surface area (Å²) >= 11 is 0. The van der Waals surface area contributed by atoms with E-state index in [2.05, 4.69) is 20.5 Å². The summed E-state index contributed by atoms with van der Waals surface area (Å²) in [5, 5.41) is 9.16. The number of aromatic amines is 1. The molecular weight excluding hydrogens is 272 g/mol. The van der Waals surface area contributed by atoms with E-state index in [1.807, 2.05) is 0 Å². The molecule has 1 aromatic rings. The fraction of sp³-hybridized carbons (Fsp3) is 0.692. The minimum Gasteiger partial charge on any atom is -0.367 e. The smallest absolute Gasteiger partial charge is 0.243 e. The minimum atomic E-state index is -0.355. The van der Waals surface area contributed by atoms with Gasteiger partial charge in [0.1, 0.15) is 11.9 Å². The summed E-state index contributed by atoms with van der Waals surface area (Å²) < 4.78 is 0. The lowest BCUT2D eigenvalue weighted by Gasteiger charge is -2.34. The first-order valence-corrected chi connectivity index (χ1v) is 7.40. The number of piperidine rings is 1. The molecule has 1 atom stereocenters. The third-order valence-corrected chi connectivity index (χ3v) is 3.99. The SMILES string of the molecule is Nc1n[nH]c(CNC(=O)[C@H]2CCCCN2C(=O)C2CC2)n1. The Hall–Kier alpha value is -2.12. The van der Waals surface area contributed by atoms with Crippen LogP contribution in [0, 0.1) is 5.92 Å². The van der Waals surface area contributed by atoms with Crippen molar-refractivity contribution >= 4 is 17.8 Å². The summed E-state index contributed by atoms with van der Waals surface area (Å²) in [4.78, 5) is 30.3. The zero-order chi connectivity index (χ0) is 14.8. The van der Waals surface area contributed by atoms with Crippen molar-refractivity contribution in [1.29, 1.82) is 0 Å². The van der Waals surface area contributed by atoms with Crippen LogP contribution in [0.4, 0.5) is 5.95 Å². The lowest BCUT2D eigenvalue weighted by atomic mass is 10.0. The van der Waals surface area contributed by atoms with Gasteiger partial charge in [0.05, 0.1) is 6.54 Å². The van der Waals surface area contributed by atoms with Crippen LogP contribution in [0.3, 0.4) is 0 Å². The number of nitrogen functional groups attached to an aromatic ring is 1. The molecule has 1 saturated heterocycles. The third-order valence-electron chi connectivity index (χ3n) is 3.99. The van der Waals surface area contributed by atoms with Gasteiger partial charge in [0, 0.05) is 12.5 Å². The molecule has 8 nitrogen and oxygen atoms in total. The fourth-order valence-corrected chi connectivity index (χ4v) is 2.71. The molecule has 8 heteroatoms. The Balaban J connectivity index is 1.59. The van der Waals surface area contributed by atoms with E-state index in [1.54, 1.807) is 4.90 Å². The van der Waals surface area contributed by atoms with Crippen molar-refractivity contribution in [3.63, 3.8) is 0 Å². The van der Waals surface area contributed by atoms with E-state index in [1.165, 1.54) is 0 Å². The number of rotatable bonds is 4. The van der Waals surface area contributed by atoms with Gasteiger partial charge in [-0.25, -0.2) is 0 Å². The highest BCUT2D eigenvalue weighted by Crippen LogP contribution is 2.33. The normalized spacial score (nSPS) is 22.1. The molecule has 2 fully saturated rings. The summed E-state index contributed by atoms with van der Waals surface area (Å²) in [6.07, 6.45) is 4.59. The molecule has 1 aliphatic carbocycles. The summed E-state index contributed by atoms with van der Waals surface area (Å²) in [6.45, 7) is 0.924. The number of carbonyl (C=O) groups excluding carboxylic acids is 2. The van der Waals surface area contributed by atoms with Crippen LogP contribution in [0.15, 0.2) is 0 Å². The summed E-state index contributed by atoms with van der Waals surface area (Å²) in [7, 11) is 0. The van der Waals surface area contributed by atoms with E-state index in [0.29, 0.717) is 12.4 Å². The first-order chi connectivity index (χ1) is 10.1. The number of nitrogens with two attached hydrogens (primary N) is 1. The molecule has 1 aliphatic heterocycles. The standard InChI is InChI=1S/C13H20N6O2/c14-13-16-10(17-18-13)7-15-11(20)9-3-1-2-6-19(9)12(21)8-4-5-8/h8-9H,1-7H2,(H,15,20)(H3,14,16,17,18)/t9-/m1/s1. The topological polar surface area (TPSA) is 117 Å². The molecule has 114 valence electrons. The van der Waals surface area contributed by atoms with Crippen LogP contribution in [0.1, 0.15) is 37.9 Å². The van der Waals surface area contributed by atoms with Gasteiger partial charge in [0.15, 0.2) is 0 Å². The van der Waals surface area contributed by atoms with Gasteiger partial charge in [0.2, 0.25) is 17.8 Å². The maximum absolute atomic E-state index is 12.3. The van der Waals surface area contributed by atoms with Crippen molar-refractivity contribution in [3.05, 3.63) is 5.82 Å². The summed E-state index contributed by atoms with van der Waals surface area (Å²) in [5.74, 6) is 0.823. The van der Waals surface area contributed by atoms with Crippen LogP contribution in [-0.4, -0.2) is 44.5 Å². The highest BCUT2D eigenvalue weighted by molar-refractivity contribution is 5.89. The average molecular weight is 292 g/mol. The lowest BCUT2D eigenvalue weighted by molar-refractivity contribution is -0.143. The van der Waals surface area contributed by atoms with Crippen LogP contribution in [-0.2, 0) is 16.1 Å². The van der Waals surface area contributed by atoms with E-state index in [0.717, 1.165) is 32.1 Å². The van der Waals surface area contributed by atoms with Crippen LogP contribution < -0.4 is 11.1 Å². The minimum absolute atomic E-state index is 0.126. The number of aromatic nitrogens is 3. The van der Waals surface area contributed by atoms with Crippen molar-refractivity contribution in [3.8, 4) is 0 Å². The largest absolute Gasteiger partial charge is 0.367 e. The third kappa shape index (κ3) is 3.14. The maximum Gasteiger partial charge on any atom is 0.243 e. The highest BCUT2D eigenvalue weighted by atomic mass is 16.2. The Morgan fingerprint density at radius 1 is 1.33 bits per heavy atom. The van der Waals surface area contributed by atoms with Crippen molar-refractivity contribution in [2.45, 2.75) is 44.7 Å². The van der Waals surface area contributed by atoms with E-state index in [4.69, 9.17) is 5.73 Å². The number of amides is 2. The molecule has 0 aromatic carbocycles. The molecule has 2 amide bonds. The molecule has 2 aliphatic rings. The van der Waals surface area contributed by atoms with Crippen LogP contribution in [0.25, 0.3) is 0 Å². The second-order valence-electron chi connectivity index (χ2n) is 5.68. The second kappa shape index (κ2) is 5.71. The van der Waals surface area contributed by atoms with Gasteiger partial charge < -0.3 is 16.0 Å². The quantitative estimate of drug-likeness (QED) is 0.710. The zero-order valence-electron chi connectivity index (χ0n) is 11.8. The Bertz CT molecular complexity index is 539. The number of carbonyl (C=O) groups is 2. The van der Waals surface area contributed by atoms with Crippen LogP contribution in [0.2, 0.25) is 0 Å². The number of nitrogens with zero attached hydrogens (tertiary/aromatic N) is 3. The van der Waals surface area contributed by atoms with Crippen molar-refractivity contribution in [1.82, 2.24) is 25.4 Å². The van der Waals surface area contributed by atoms with Crippen molar-refractivity contribution in [2.24, 2.45) is 5.92 Å². The zero-order valence-corrected chi connectivity index (χ0v) is 11.8. The first kappa shape index (κ1) is 13.8. The molecule has 0 bridgehead atoms. The van der Waals surface area contributed by atoms with E-state index < -0.39 is 0 Å². The molecule has 4 N–H and O–H groups in total. The van der Waals surface area contributed by atoms with Crippen LogP contribution in [0.5, 0.6) is 0 Å². The van der Waals surface area contributed by atoms with Gasteiger partial charge in [0.25, 0.3) is 0 Å². The highest BCUT2D eigenvalue weighted by Gasteiger charge is 2.39. The molecule has 21 heavy (non-hydrogen) atoms. The summed E-state index contributed by atoms with van der Waals surface area (Å²) in [5.41, 5.74) is 5.41. The van der Waals surface area contributed by atoms with Gasteiger partial charge in [-0.15, -0.1) is 5.10 Å². The Morgan fingerprint density at radius 2 is 2.14 bits per heavy atom. The first-order valence-electron chi connectivity index (χ1n) is 7.40. The van der Waals surface area contributed by atoms with Gasteiger partial charge in [-0.3, -0.25) is 14.7 Å². The predicted octanol–water partition coefficient (Wildman–Crippen LogP) is -0.206. The molecule has 0 radical (unpaired) electrons. The predicted molar refractivity (Wildman–Crippen MR) is 74.7 cm³/mol. The number of nitrogens with one attached hydrogen (secondary N) is 2. The molecular formula is C13H20N6O2. The lowest BCUT2D eigenvalue weighted by Crippen LogP contribution is -2.52. The van der Waals surface area contributed by atoms with Gasteiger partial charge >= 0.3 is 0 Å². The van der Waals surface area contributed by atoms with Gasteiger partial charge in [-0.1, -0.05) is 0 Å². The summed E-state index contributed by atoms with van der Waals surface area (Å²) in [6, 6.07) is -0.355. The number of hydrogen-bond acceptors (Lipinski definition) is 5. The van der Waals surface area contributed by atoms with E-state index in [9.17, 15) is 9.59 Å². The Morgan fingerprint density at radius 3 is 2.81 bits per heavy atom. The molecule has 2 heterocycles. The Labute approximate surface area is 122 Å². The Kier molecular flexibility index (Phi) is 3.76. The molecule has 3 rings (SSSR count).